The second-order valence-electron chi connectivity index (χ2n) is 7.71. The molecule has 136 valence electrons. The molecule has 2 aliphatic rings. The summed E-state index contributed by atoms with van der Waals surface area (Å²) in [6.07, 6.45) is 2.56. The molecule has 1 saturated carbocycles. The summed E-state index contributed by atoms with van der Waals surface area (Å²) < 4.78 is 5.34. The van der Waals surface area contributed by atoms with Crippen LogP contribution in [0.3, 0.4) is 0 Å². The van der Waals surface area contributed by atoms with E-state index in [2.05, 4.69) is 5.32 Å². The lowest BCUT2D eigenvalue weighted by atomic mass is 9.95. The first-order chi connectivity index (χ1) is 11.1. The molecule has 1 aliphatic heterocycles. The summed E-state index contributed by atoms with van der Waals surface area (Å²) in [5, 5.41) is 2.85. The number of carbonyl (C=O) groups excluding carboxylic acids is 3. The monoisotopic (exact) mass is 339 g/mol. The maximum atomic E-state index is 13.1. The summed E-state index contributed by atoms with van der Waals surface area (Å²) >= 11 is 0. The third kappa shape index (κ3) is 4.39. The molecule has 0 bridgehead atoms. The van der Waals surface area contributed by atoms with Crippen molar-refractivity contribution in [1.82, 2.24) is 15.1 Å². The molecule has 2 fully saturated rings. The first kappa shape index (κ1) is 18.5. The summed E-state index contributed by atoms with van der Waals surface area (Å²) in [6.45, 7) is 9.06. The van der Waals surface area contributed by atoms with Crippen LogP contribution in [0.1, 0.15) is 53.4 Å². The van der Waals surface area contributed by atoms with Crippen LogP contribution in [0, 0.1) is 0 Å². The van der Waals surface area contributed by atoms with Gasteiger partial charge in [-0.05, 0) is 33.6 Å². The zero-order valence-corrected chi connectivity index (χ0v) is 15.2. The average Bonchev–Trinajstić information content (AvgIpc) is 2.94. The van der Waals surface area contributed by atoms with Crippen molar-refractivity contribution in [3.8, 4) is 0 Å². The van der Waals surface area contributed by atoms with E-state index < -0.39 is 17.2 Å². The van der Waals surface area contributed by atoms with Gasteiger partial charge in [0, 0.05) is 33.1 Å². The molecule has 7 heteroatoms. The van der Waals surface area contributed by atoms with E-state index >= 15 is 0 Å². The average molecular weight is 339 g/mol. The van der Waals surface area contributed by atoms with Gasteiger partial charge in [-0.3, -0.25) is 9.59 Å². The van der Waals surface area contributed by atoms with Crippen molar-refractivity contribution in [1.29, 1.82) is 0 Å². The molecule has 24 heavy (non-hydrogen) atoms. The second-order valence-corrected chi connectivity index (χ2v) is 7.71. The van der Waals surface area contributed by atoms with E-state index in [1.165, 1.54) is 0 Å². The minimum atomic E-state index is -0.860. The van der Waals surface area contributed by atoms with Crippen molar-refractivity contribution in [2.24, 2.45) is 0 Å². The fraction of sp³-hybridized carbons (Fsp3) is 0.824. The van der Waals surface area contributed by atoms with Gasteiger partial charge in [0.25, 0.3) is 0 Å². The molecule has 3 amide bonds. The minimum Gasteiger partial charge on any atom is -0.444 e. The van der Waals surface area contributed by atoms with Gasteiger partial charge in [0.15, 0.2) is 0 Å². The van der Waals surface area contributed by atoms with E-state index in [4.69, 9.17) is 4.74 Å². The van der Waals surface area contributed by atoms with Crippen LogP contribution in [0.15, 0.2) is 0 Å². The molecular weight excluding hydrogens is 310 g/mol. The van der Waals surface area contributed by atoms with Crippen molar-refractivity contribution < 1.29 is 19.1 Å². The normalized spacial score (nSPS) is 20.7. The molecule has 0 aromatic rings. The predicted molar refractivity (Wildman–Crippen MR) is 89.4 cm³/mol. The fourth-order valence-electron chi connectivity index (χ4n) is 3.40. The third-order valence-electron chi connectivity index (χ3n) is 4.62. The number of hydrogen-bond acceptors (Lipinski definition) is 4. The minimum absolute atomic E-state index is 0.0320. The summed E-state index contributed by atoms with van der Waals surface area (Å²) in [7, 11) is 0. The molecule has 1 heterocycles. The molecule has 7 nitrogen and oxygen atoms in total. The van der Waals surface area contributed by atoms with Gasteiger partial charge in [0.1, 0.15) is 11.1 Å². The molecule has 0 radical (unpaired) electrons. The first-order valence-electron chi connectivity index (χ1n) is 8.69. The Hall–Kier alpha value is -1.79. The molecule has 0 aromatic carbocycles. The lowest BCUT2D eigenvalue weighted by molar-refractivity contribution is -0.143. The largest absolute Gasteiger partial charge is 0.444 e. The molecule has 1 saturated heterocycles. The molecule has 0 unspecified atom stereocenters. The van der Waals surface area contributed by atoms with E-state index in [9.17, 15) is 14.4 Å². The Labute approximate surface area is 143 Å². The highest BCUT2D eigenvalue weighted by Gasteiger charge is 2.46. The Morgan fingerprint density at radius 1 is 0.958 bits per heavy atom. The Morgan fingerprint density at radius 2 is 1.46 bits per heavy atom. The molecule has 1 N–H and O–H groups in total. The highest BCUT2D eigenvalue weighted by atomic mass is 16.6. The highest BCUT2D eigenvalue weighted by Crippen LogP contribution is 2.32. The van der Waals surface area contributed by atoms with Crippen LogP contribution in [0.4, 0.5) is 4.79 Å². The SMILES string of the molecule is CC(=O)N1CCN(C(=O)C2(NC(=O)OC(C)(C)C)CCCC2)CC1. The van der Waals surface area contributed by atoms with Crippen molar-refractivity contribution in [2.75, 3.05) is 26.2 Å². The smallest absolute Gasteiger partial charge is 0.408 e. The van der Waals surface area contributed by atoms with Crippen molar-refractivity contribution in [3.63, 3.8) is 0 Å². The Kier molecular flexibility index (Phi) is 5.40. The molecule has 1 aliphatic carbocycles. The summed E-state index contributed by atoms with van der Waals surface area (Å²) in [5.41, 5.74) is -1.46. The quantitative estimate of drug-likeness (QED) is 0.827. The van der Waals surface area contributed by atoms with Gasteiger partial charge >= 0.3 is 6.09 Å². The lowest BCUT2D eigenvalue weighted by Gasteiger charge is -2.40. The van der Waals surface area contributed by atoms with Crippen molar-refractivity contribution >= 4 is 17.9 Å². The van der Waals surface area contributed by atoms with Gasteiger partial charge < -0.3 is 19.9 Å². The van der Waals surface area contributed by atoms with Crippen molar-refractivity contribution in [3.05, 3.63) is 0 Å². The van der Waals surface area contributed by atoms with Crippen LogP contribution in [-0.2, 0) is 14.3 Å². The number of carbonyl (C=O) groups is 3. The van der Waals surface area contributed by atoms with Crippen LogP contribution >= 0.6 is 0 Å². The number of piperazine rings is 1. The van der Waals surface area contributed by atoms with E-state index in [1.54, 1.807) is 37.5 Å². The number of amides is 3. The molecule has 0 aromatic heterocycles. The fourth-order valence-corrected chi connectivity index (χ4v) is 3.40. The van der Waals surface area contributed by atoms with E-state index in [-0.39, 0.29) is 11.8 Å². The van der Waals surface area contributed by atoms with Gasteiger partial charge in [-0.2, -0.15) is 0 Å². The van der Waals surface area contributed by atoms with Crippen LogP contribution in [0.25, 0.3) is 0 Å². The summed E-state index contributed by atoms with van der Waals surface area (Å²) in [4.78, 5) is 40.2. The Bertz CT molecular complexity index is 498. The lowest BCUT2D eigenvalue weighted by Crippen LogP contribution is -2.62. The van der Waals surface area contributed by atoms with E-state index in [0.29, 0.717) is 39.0 Å². The summed E-state index contributed by atoms with van der Waals surface area (Å²) in [6, 6.07) is 0. The zero-order valence-electron chi connectivity index (χ0n) is 15.2. The maximum absolute atomic E-state index is 13.1. The second kappa shape index (κ2) is 6.99. The number of nitrogens with one attached hydrogen (secondary N) is 1. The number of hydrogen-bond donors (Lipinski definition) is 1. The Balaban J connectivity index is 2.03. The van der Waals surface area contributed by atoms with Gasteiger partial charge in [-0.15, -0.1) is 0 Å². The Morgan fingerprint density at radius 3 is 1.92 bits per heavy atom. The van der Waals surface area contributed by atoms with Gasteiger partial charge in [-0.1, -0.05) is 12.8 Å². The van der Waals surface area contributed by atoms with E-state index in [0.717, 1.165) is 12.8 Å². The third-order valence-corrected chi connectivity index (χ3v) is 4.62. The molecule has 0 atom stereocenters. The standard InChI is InChI=1S/C17H29N3O4/c1-13(21)19-9-11-20(12-10-19)14(22)17(7-5-6-8-17)18-15(23)24-16(2,3)4/h5-12H2,1-4H3,(H,18,23). The number of alkyl carbamates (subject to hydrolysis) is 1. The van der Waals surface area contributed by atoms with Crippen LogP contribution in [-0.4, -0.2) is 65.0 Å². The van der Waals surface area contributed by atoms with Gasteiger partial charge in [0.05, 0.1) is 0 Å². The predicted octanol–water partition coefficient (Wildman–Crippen LogP) is 1.51. The van der Waals surface area contributed by atoms with Crippen molar-refractivity contribution in [2.45, 2.75) is 64.5 Å². The molecule has 2 rings (SSSR count). The van der Waals surface area contributed by atoms with Gasteiger partial charge in [0.2, 0.25) is 11.8 Å². The van der Waals surface area contributed by atoms with Gasteiger partial charge in [-0.25, -0.2) is 4.79 Å². The summed E-state index contributed by atoms with van der Waals surface area (Å²) in [5.74, 6) is -0.0152. The first-order valence-corrected chi connectivity index (χ1v) is 8.69. The topological polar surface area (TPSA) is 79.0 Å². The van der Waals surface area contributed by atoms with Crippen LogP contribution in [0.2, 0.25) is 0 Å². The maximum Gasteiger partial charge on any atom is 0.408 e. The molecule has 0 spiro atoms. The zero-order chi connectivity index (χ0) is 18.0. The highest BCUT2D eigenvalue weighted by molar-refractivity contribution is 5.90. The molecular formula is C17H29N3O4. The number of rotatable bonds is 2. The number of nitrogens with zero attached hydrogens (tertiary/aromatic N) is 2. The van der Waals surface area contributed by atoms with Crippen LogP contribution in [0.5, 0.6) is 0 Å². The number of ether oxygens (including phenoxy) is 1. The van der Waals surface area contributed by atoms with Crippen LogP contribution < -0.4 is 5.32 Å². The van der Waals surface area contributed by atoms with E-state index in [1.807, 2.05) is 0 Å².